The Hall–Kier alpha value is -2.63. The Labute approximate surface area is 159 Å². The molecule has 6 heteroatoms. The van der Waals surface area contributed by atoms with E-state index in [1.807, 2.05) is 17.0 Å². The molecule has 2 aromatic heterocycles. The van der Waals surface area contributed by atoms with E-state index in [9.17, 15) is 9.59 Å². The highest BCUT2D eigenvalue weighted by Gasteiger charge is 2.60. The Bertz CT molecular complexity index is 805. The Balaban J connectivity index is 1.46. The first-order valence-electron chi connectivity index (χ1n) is 9.68. The lowest BCUT2D eigenvalue weighted by molar-refractivity contribution is -0.132. The van der Waals surface area contributed by atoms with Crippen molar-refractivity contribution in [3.8, 4) is 0 Å². The second kappa shape index (κ2) is 7.18. The molecule has 0 aliphatic carbocycles. The van der Waals surface area contributed by atoms with Crippen LogP contribution in [0.5, 0.6) is 0 Å². The van der Waals surface area contributed by atoms with Crippen LogP contribution in [0, 0.1) is 5.41 Å². The molecule has 142 valence electrons. The maximum atomic E-state index is 13.2. The minimum Gasteiger partial charge on any atom is -0.472 e. The van der Waals surface area contributed by atoms with E-state index in [0.29, 0.717) is 12.1 Å². The molecular formula is C21H25N3O3. The average Bonchev–Trinajstić information content (AvgIpc) is 3.43. The number of nitrogens with zero attached hydrogens (tertiary/aromatic N) is 2. The van der Waals surface area contributed by atoms with Gasteiger partial charge in [-0.1, -0.05) is 6.92 Å². The maximum absolute atomic E-state index is 13.2. The predicted molar refractivity (Wildman–Crippen MR) is 100.0 cm³/mol. The van der Waals surface area contributed by atoms with Gasteiger partial charge < -0.3 is 14.6 Å². The van der Waals surface area contributed by atoms with Gasteiger partial charge in [0.15, 0.2) is 0 Å². The van der Waals surface area contributed by atoms with E-state index < -0.39 is 5.41 Å². The van der Waals surface area contributed by atoms with Crippen LogP contribution in [-0.2, 0) is 11.2 Å². The van der Waals surface area contributed by atoms with Crippen molar-refractivity contribution in [1.82, 2.24) is 15.2 Å². The third kappa shape index (κ3) is 3.03. The molecule has 2 fully saturated rings. The van der Waals surface area contributed by atoms with Crippen LogP contribution in [0.1, 0.15) is 48.5 Å². The number of furan rings is 1. The van der Waals surface area contributed by atoms with Crippen LogP contribution in [0.2, 0.25) is 0 Å². The summed E-state index contributed by atoms with van der Waals surface area (Å²) in [5.41, 5.74) is 1.23. The Kier molecular flexibility index (Phi) is 4.72. The first-order valence-corrected chi connectivity index (χ1v) is 9.68. The van der Waals surface area contributed by atoms with Crippen LogP contribution in [0.3, 0.4) is 0 Å². The number of amides is 2. The fraction of sp³-hybridized carbons (Fsp3) is 0.476. The molecule has 0 unspecified atom stereocenters. The van der Waals surface area contributed by atoms with Crippen LogP contribution >= 0.6 is 0 Å². The third-order valence-electron chi connectivity index (χ3n) is 6.27. The highest BCUT2D eigenvalue weighted by molar-refractivity contribution is 5.96. The second-order valence-electron chi connectivity index (χ2n) is 7.55. The number of pyridine rings is 1. The number of fused-ring (bicyclic) bond motifs is 2. The zero-order valence-corrected chi connectivity index (χ0v) is 15.6. The van der Waals surface area contributed by atoms with Crippen LogP contribution in [0.4, 0.5) is 0 Å². The van der Waals surface area contributed by atoms with Gasteiger partial charge in [-0.25, -0.2) is 0 Å². The zero-order valence-electron chi connectivity index (χ0n) is 15.6. The molecule has 1 N–H and O–H groups in total. The molecule has 4 heterocycles. The van der Waals surface area contributed by atoms with Gasteiger partial charge in [0.25, 0.3) is 5.91 Å². The highest BCUT2D eigenvalue weighted by Crippen LogP contribution is 2.52. The fourth-order valence-electron chi connectivity index (χ4n) is 4.86. The molecule has 2 aliphatic heterocycles. The van der Waals surface area contributed by atoms with Crippen molar-refractivity contribution in [1.29, 1.82) is 0 Å². The average molecular weight is 367 g/mol. The topological polar surface area (TPSA) is 75.4 Å². The summed E-state index contributed by atoms with van der Waals surface area (Å²) in [4.78, 5) is 32.0. The van der Waals surface area contributed by atoms with Crippen molar-refractivity contribution in [2.45, 2.75) is 51.1 Å². The van der Waals surface area contributed by atoms with Crippen LogP contribution in [0.15, 0.2) is 47.5 Å². The van der Waals surface area contributed by atoms with Gasteiger partial charge in [-0.15, -0.1) is 0 Å². The van der Waals surface area contributed by atoms with Crippen molar-refractivity contribution in [2.24, 2.45) is 5.41 Å². The molecule has 0 saturated carbocycles. The molecule has 2 aromatic rings. The summed E-state index contributed by atoms with van der Waals surface area (Å²) in [5, 5.41) is 3.13. The van der Waals surface area contributed by atoms with Gasteiger partial charge in [-0.3, -0.25) is 14.6 Å². The van der Waals surface area contributed by atoms with Gasteiger partial charge in [0.2, 0.25) is 5.91 Å². The fourth-order valence-corrected chi connectivity index (χ4v) is 4.86. The summed E-state index contributed by atoms with van der Waals surface area (Å²) in [6, 6.07) is 5.73. The highest BCUT2D eigenvalue weighted by atomic mass is 16.3. The molecule has 2 aliphatic rings. The molecule has 2 saturated heterocycles. The van der Waals surface area contributed by atoms with Crippen molar-refractivity contribution in [3.63, 3.8) is 0 Å². The lowest BCUT2D eigenvalue weighted by atomic mass is 9.71. The summed E-state index contributed by atoms with van der Waals surface area (Å²) in [6.07, 6.45) is 10.7. The summed E-state index contributed by atoms with van der Waals surface area (Å²) in [6.45, 7) is 2.65. The largest absolute Gasteiger partial charge is 0.472 e. The second-order valence-corrected chi connectivity index (χ2v) is 7.55. The van der Waals surface area contributed by atoms with Crippen LogP contribution < -0.4 is 5.32 Å². The van der Waals surface area contributed by atoms with Crippen molar-refractivity contribution >= 4 is 11.8 Å². The number of aromatic nitrogens is 1. The molecule has 6 nitrogen and oxygen atoms in total. The first-order chi connectivity index (χ1) is 13.2. The van der Waals surface area contributed by atoms with E-state index in [0.717, 1.165) is 37.7 Å². The quantitative estimate of drug-likeness (QED) is 0.852. The minimum absolute atomic E-state index is 0.0174. The summed E-state index contributed by atoms with van der Waals surface area (Å²) in [5.74, 6) is 0.0624. The molecule has 27 heavy (non-hydrogen) atoms. The van der Waals surface area contributed by atoms with E-state index in [1.165, 1.54) is 12.5 Å². The Morgan fingerprint density at radius 2 is 2.11 bits per heavy atom. The maximum Gasteiger partial charge on any atom is 0.257 e. The van der Waals surface area contributed by atoms with Crippen LogP contribution in [-0.4, -0.2) is 40.3 Å². The van der Waals surface area contributed by atoms with Crippen molar-refractivity contribution < 1.29 is 14.0 Å². The minimum atomic E-state index is -0.486. The number of carbonyl (C=O) groups excluding carboxylic acids is 2. The summed E-state index contributed by atoms with van der Waals surface area (Å²) >= 11 is 0. The predicted octanol–water partition coefficient (Wildman–Crippen LogP) is 2.81. The Morgan fingerprint density at radius 1 is 1.30 bits per heavy atom. The van der Waals surface area contributed by atoms with Gasteiger partial charge in [-0.2, -0.15) is 0 Å². The van der Waals surface area contributed by atoms with Crippen molar-refractivity contribution in [2.75, 3.05) is 6.54 Å². The van der Waals surface area contributed by atoms with E-state index in [2.05, 4.69) is 17.2 Å². The monoisotopic (exact) mass is 367 g/mol. The lowest BCUT2D eigenvalue weighted by Gasteiger charge is -2.35. The van der Waals surface area contributed by atoms with E-state index in [4.69, 9.17) is 4.42 Å². The van der Waals surface area contributed by atoms with E-state index >= 15 is 0 Å². The van der Waals surface area contributed by atoms with Gasteiger partial charge in [0, 0.05) is 31.0 Å². The molecular weight excluding hydrogens is 342 g/mol. The SMILES string of the molecule is CC[C@@]1(C(=O)NCCc2ccncc2)C[C@@H]2CC[C@H]1N2C(=O)c1ccoc1. The van der Waals surface area contributed by atoms with E-state index in [-0.39, 0.29) is 23.9 Å². The smallest absolute Gasteiger partial charge is 0.257 e. The number of hydrogen-bond donors (Lipinski definition) is 1. The third-order valence-corrected chi connectivity index (χ3v) is 6.27. The van der Waals surface area contributed by atoms with Gasteiger partial charge >= 0.3 is 0 Å². The zero-order chi connectivity index (χ0) is 18.9. The van der Waals surface area contributed by atoms with Gasteiger partial charge in [0.1, 0.15) is 6.26 Å². The standard InChI is InChI=1S/C21H25N3O3/c1-2-21(20(26)23-11-7-15-5-9-22-10-6-15)13-17-3-4-18(21)24(17)19(25)16-8-12-27-14-16/h5-6,8-10,12,14,17-18H,2-4,7,11,13H2,1H3,(H,23,26)/t17-,18+,21+/m0/s1. The molecule has 2 amide bonds. The number of hydrogen-bond acceptors (Lipinski definition) is 4. The molecule has 2 bridgehead atoms. The van der Waals surface area contributed by atoms with Gasteiger partial charge in [0.05, 0.1) is 17.2 Å². The summed E-state index contributed by atoms with van der Waals surface area (Å²) < 4.78 is 5.08. The number of carbonyl (C=O) groups is 2. The normalized spacial score (nSPS) is 26.3. The molecule has 0 radical (unpaired) electrons. The van der Waals surface area contributed by atoms with E-state index in [1.54, 1.807) is 18.5 Å². The van der Waals surface area contributed by atoms with Gasteiger partial charge in [-0.05, 0) is 55.9 Å². The Morgan fingerprint density at radius 3 is 2.81 bits per heavy atom. The first kappa shape index (κ1) is 17.8. The summed E-state index contributed by atoms with van der Waals surface area (Å²) in [7, 11) is 0. The van der Waals surface area contributed by atoms with Crippen LogP contribution in [0.25, 0.3) is 0 Å². The molecule has 0 aromatic carbocycles. The van der Waals surface area contributed by atoms with Crippen molar-refractivity contribution in [3.05, 3.63) is 54.2 Å². The number of rotatable bonds is 6. The molecule has 4 rings (SSSR count). The molecule has 0 spiro atoms. The lowest BCUT2D eigenvalue weighted by Crippen LogP contribution is -2.50. The molecule has 3 atom stereocenters. The number of nitrogens with one attached hydrogen (secondary N) is 1.